The number of likely N-dealkylation sites (N-methyl/N-ethyl adjacent to an activating group) is 2. The summed E-state index contributed by atoms with van der Waals surface area (Å²) >= 11 is 6.34. The summed E-state index contributed by atoms with van der Waals surface area (Å²) in [5, 5.41) is 14.8. The van der Waals surface area contributed by atoms with Gasteiger partial charge < -0.3 is 34.4 Å². The molecule has 1 aromatic heterocycles. The number of halogens is 1. The number of piperidine rings is 1. The second kappa shape index (κ2) is 17.0. The van der Waals surface area contributed by atoms with Crippen molar-refractivity contribution in [3.8, 4) is 17.2 Å². The second-order valence-corrected chi connectivity index (χ2v) is 18.9. The maximum Gasteiger partial charge on any atom is 0.329 e. The van der Waals surface area contributed by atoms with Crippen molar-refractivity contribution >= 4 is 23.3 Å². The molecule has 0 amide bonds. The first-order valence-corrected chi connectivity index (χ1v) is 22.1. The third kappa shape index (κ3) is 8.49. The number of benzene rings is 2. The van der Waals surface area contributed by atoms with Crippen molar-refractivity contribution in [1.82, 2.24) is 14.8 Å². The van der Waals surface area contributed by atoms with Gasteiger partial charge in [-0.15, -0.1) is 0 Å². The Morgan fingerprint density at radius 1 is 1.07 bits per heavy atom. The van der Waals surface area contributed by atoms with Crippen molar-refractivity contribution in [2.24, 2.45) is 17.8 Å². The lowest BCUT2D eigenvalue weighted by Gasteiger charge is -2.47. The number of carboxylic acids is 1. The largest absolute Gasteiger partial charge is 0.493 e. The fourth-order valence-corrected chi connectivity index (χ4v) is 11.3. The van der Waals surface area contributed by atoms with Gasteiger partial charge in [-0.1, -0.05) is 37.9 Å². The van der Waals surface area contributed by atoms with Gasteiger partial charge in [0.2, 0.25) is 0 Å². The van der Waals surface area contributed by atoms with E-state index in [9.17, 15) is 9.90 Å². The van der Waals surface area contributed by atoms with Crippen LogP contribution in [-0.4, -0.2) is 91.0 Å². The summed E-state index contributed by atoms with van der Waals surface area (Å²) < 4.78 is 19.9. The smallest absolute Gasteiger partial charge is 0.329 e. The van der Waals surface area contributed by atoms with Crippen LogP contribution in [0.15, 0.2) is 48.7 Å². The molecule has 1 saturated carbocycles. The first kappa shape index (κ1) is 40.3. The highest BCUT2D eigenvalue weighted by atomic mass is 35.5. The molecule has 1 spiro atoms. The van der Waals surface area contributed by atoms with Gasteiger partial charge in [0.05, 0.1) is 19.8 Å². The quantitative estimate of drug-likeness (QED) is 0.186. The van der Waals surface area contributed by atoms with Crippen molar-refractivity contribution in [1.29, 1.82) is 0 Å². The average molecular weight is 799 g/mol. The number of hydrogen-bond acceptors (Lipinski definition) is 8. The Morgan fingerprint density at radius 2 is 1.86 bits per heavy atom. The first-order chi connectivity index (χ1) is 27.5. The molecule has 3 aliphatic carbocycles. The molecule has 1 saturated heterocycles. The Bertz CT molecular complexity index is 1900. The van der Waals surface area contributed by atoms with Crippen molar-refractivity contribution in [2.45, 2.75) is 114 Å². The number of pyridine rings is 1. The van der Waals surface area contributed by atoms with Gasteiger partial charge in [0, 0.05) is 53.2 Å². The molecule has 2 aliphatic heterocycles. The van der Waals surface area contributed by atoms with E-state index in [-0.39, 0.29) is 11.3 Å². The summed E-state index contributed by atoms with van der Waals surface area (Å²) in [5.41, 5.74) is 4.59. The zero-order valence-corrected chi connectivity index (χ0v) is 35.3. The van der Waals surface area contributed by atoms with Crippen LogP contribution in [0.1, 0.15) is 106 Å². The predicted octanol–water partition coefficient (Wildman–Crippen LogP) is 9.00. The van der Waals surface area contributed by atoms with Gasteiger partial charge in [-0.25, -0.2) is 4.79 Å². The number of rotatable bonds is 12. The molecule has 10 heteroatoms. The Labute approximate surface area is 344 Å². The number of nitrogens with zero attached hydrogens (tertiary/aromatic N) is 3. The molecule has 3 aromatic rings. The fourth-order valence-electron chi connectivity index (χ4n) is 11.2. The Morgan fingerprint density at radius 3 is 2.61 bits per heavy atom. The lowest BCUT2D eigenvalue weighted by atomic mass is 9.59. The van der Waals surface area contributed by atoms with Crippen LogP contribution in [0.2, 0.25) is 5.02 Å². The van der Waals surface area contributed by atoms with Crippen molar-refractivity contribution in [2.75, 3.05) is 58.9 Å². The summed E-state index contributed by atoms with van der Waals surface area (Å²) in [7, 11) is 4.49. The zero-order chi connectivity index (χ0) is 39.7. The molecule has 0 radical (unpaired) electrons. The van der Waals surface area contributed by atoms with Crippen LogP contribution < -0.4 is 19.5 Å². The summed E-state index contributed by atoms with van der Waals surface area (Å²) in [5.74, 6) is 3.20. The number of aliphatic carboxylic acids is 1. The minimum atomic E-state index is -1.08. The highest BCUT2D eigenvalue weighted by molar-refractivity contribution is 6.30. The van der Waals surface area contributed by atoms with Crippen LogP contribution in [-0.2, 0) is 23.1 Å². The van der Waals surface area contributed by atoms with Crippen LogP contribution >= 0.6 is 11.6 Å². The summed E-state index contributed by atoms with van der Waals surface area (Å²) in [4.78, 5) is 22.8. The highest BCUT2D eigenvalue weighted by Crippen LogP contribution is 2.58. The van der Waals surface area contributed by atoms with Crippen LogP contribution in [0.4, 0.5) is 5.69 Å². The number of fused-ring (bicyclic) bond motifs is 4. The Kier molecular flexibility index (Phi) is 12.0. The summed E-state index contributed by atoms with van der Waals surface area (Å²) in [6.07, 6.45) is 13.6. The second-order valence-electron chi connectivity index (χ2n) is 18.5. The number of hydrogen-bond donors (Lipinski definition) is 2. The third-order valence-electron chi connectivity index (χ3n) is 14.3. The topological polar surface area (TPSA) is 96.4 Å². The Hall–Kier alpha value is -3.53. The molecule has 57 heavy (non-hydrogen) atoms. The van der Waals surface area contributed by atoms with E-state index < -0.39 is 11.5 Å². The van der Waals surface area contributed by atoms with E-state index in [4.69, 9.17) is 30.8 Å². The molecule has 9 nitrogen and oxygen atoms in total. The highest BCUT2D eigenvalue weighted by Gasteiger charge is 2.54. The third-order valence-corrected chi connectivity index (χ3v) is 14.6. The molecular formula is C47H63ClN4O5. The minimum Gasteiger partial charge on any atom is -0.493 e. The normalized spacial score (nSPS) is 29.0. The standard InChI is InChI=1S/C47H63ClN4O5/c1-31(28-55-41-14-19-49-40-13-7-9-32(2)44(40)41)21-35-22-34-23-42-43(57-30-33(29-56-42)26-51(3)27-38-12-5-6-20-52(38)4)25-39(34)46(35)15-17-47(18-16-46,45(53)54)50-37-11-8-10-36(48)24-37/h8,10-11,14,19,23-25,31-33,35,38,50H,5-7,9,12-13,15-18,20-22,26-30H2,1-4H3,(H,53,54)/t31-,32-,33?,35+,38?,46?,47?/m1/s1. The number of nitrogens with one attached hydrogen (secondary N) is 1. The minimum absolute atomic E-state index is 0.181. The zero-order valence-electron chi connectivity index (χ0n) is 34.5. The van der Waals surface area contributed by atoms with E-state index in [1.165, 1.54) is 61.0 Å². The van der Waals surface area contributed by atoms with Crippen molar-refractivity contribution < 1.29 is 24.1 Å². The van der Waals surface area contributed by atoms with Gasteiger partial charge in [0.1, 0.15) is 11.3 Å². The number of ether oxygens (including phenoxy) is 3. The maximum absolute atomic E-state index is 13.1. The van der Waals surface area contributed by atoms with Crippen LogP contribution in [0.5, 0.6) is 17.2 Å². The first-order valence-electron chi connectivity index (χ1n) is 21.7. The molecule has 2 aromatic carbocycles. The van der Waals surface area contributed by atoms with E-state index in [1.54, 1.807) is 0 Å². The van der Waals surface area contributed by atoms with Crippen LogP contribution in [0, 0.1) is 17.8 Å². The van der Waals surface area contributed by atoms with Crippen molar-refractivity contribution in [3.63, 3.8) is 0 Å². The molecular weight excluding hydrogens is 736 g/mol. The molecule has 0 bridgehead atoms. The molecule has 2 unspecified atom stereocenters. The van der Waals surface area contributed by atoms with Gasteiger partial charge in [-0.2, -0.15) is 0 Å². The van der Waals surface area contributed by atoms with E-state index in [0.29, 0.717) is 61.5 Å². The van der Waals surface area contributed by atoms with E-state index >= 15 is 0 Å². The van der Waals surface area contributed by atoms with Gasteiger partial charge >= 0.3 is 5.97 Å². The molecule has 3 heterocycles. The molecule has 2 fully saturated rings. The van der Waals surface area contributed by atoms with Gasteiger partial charge in [-0.3, -0.25) is 4.98 Å². The number of carbonyl (C=O) groups is 1. The van der Waals surface area contributed by atoms with Crippen molar-refractivity contribution in [3.05, 3.63) is 76.1 Å². The van der Waals surface area contributed by atoms with Crippen LogP contribution in [0.25, 0.3) is 0 Å². The van der Waals surface area contributed by atoms with E-state index in [0.717, 1.165) is 68.1 Å². The number of likely N-dealkylation sites (tertiary alicyclic amines) is 1. The number of aromatic nitrogens is 1. The Balaban J connectivity index is 1.01. The van der Waals surface area contributed by atoms with Gasteiger partial charge in [0.25, 0.3) is 0 Å². The van der Waals surface area contributed by atoms with E-state index in [1.807, 2.05) is 36.5 Å². The van der Waals surface area contributed by atoms with Gasteiger partial charge in [-0.05, 0) is 162 Å². The number of anilines is 1. The van der Waals surface area contributed by atoms with E-state index in [2.05, 4.69) is 55.2 Å². The predicted molar refractivity (Wildman–Crippen MR) is 226 cm³/mol. The summed E-state index contributed by atoms with van der Waals surface area (Å²) in [6.45, 7) is 9.67. The molecule has 308 valence electrons. The lowest BCUT2D eigenvalue weighted by molar-refractivity contribution is -0.144. The SMILES string of the molecule is C[C@@H](COc1ccnc2c1[C@H](C)CCC2)C[C@H]1Cc2cc3c(cc2C12CCC(Nc1cccc(Cl)c1)(C(=O)O)CC2)OCC(CN(C)CC1CCCCN1C)CO3. The molecule has 2 N–H and O–H groups in total. The molecule has 5 aliphatic rings. The fraction of sp³-hybridized carbons (Fsp3) is 0.617. The molecule has 5 atom stereocenters. The maximum atomic E-state index is 13.1. The molecule has 8 rings (SSSR count). The monoisotopic (exact) mass is 798 g/mol. The van der Waals surface area contributed by atoms with Gasteiger partial charge in [0.15, 0.2) is 11.5 Å². The lowest BCUT2D eigenvalue weighted by Crippen LogP contribution is -2.53. The average Bonchev–Trinajstić information content (AvgIpc) is 3.31. The van der Waals surface area contributed by atoms with Crippen LogP contribution in [0.3, 0.4) is 0 Å². The summed E-state index contributed by atoms with van der Waals surface area (Å²) in [6, 6.07) is 14.6. The number of carboxylic acid groups (broad SMARTS) is 1. The number of aryl methyl sites for hydroxylation is 1.